The van der Waals surface area contributed by atoms with Crippen molar-refractivity contribution >= 4 is 35.4 Å². The summed E-state index contributed by atoms with van der Waals surface area (Å²) in [5.41, 5.74) is 7.23. The number of carbonyl (C=O) groups is 6. The minimum absolute atomic E-state index is 0.0160. The summed E-state index contributed by atoms with van der Waals surface area (Å²) in [5.74, 6) is -4.13. The standard InChI is InChI=1S/C39H50N6O7/c1-23(2)20-30(34(40)47)42-39(52)33(24(3)4)45-38(51)32(22-27-14-10-7-11-15-27)44-37(50)31(21-26-12-8-6-9-13-26)43-35(48)25(5)41-36(49)28-16-18-29(46)19-17-28/h6-19,23-25,30-33,46H,20-22H2,1-5H3,(H2,40,47)(H,41,49)(H,42,52)(H,43,48)(H,44,50)(H,45,51)/t25-,30-,31-,32-,33-/m1/s1. The zero-order valence-electron chi connectivity index (χ0n) is 30.2. The van der Waals surface area contributed by atoms with Crippen molar-refractivity contribution in [2.24, 2.45) is 17.6 Å². The molecule has 0 aliphatic carbocycles. The molecule has 0 aliphatic heterocycles. The van der Waals surface area contributed by atoms with Crippen LogP contribution in [0.1, 0.15) is 62.5 Å². The van der Waals surface area contributed by atoms with Crippen LogP contribution in [0.3, 0.4) is 0 Å². The van der Waals surface area contributed by atoms with Crippen LogP contribution >= 0.6 is 0 Å². The molecule has 0 aromatic heterocycles. The maximum absolute atomic E-state index is 14.0. The number of hydrogen-bond donors (Lipinski definition) is 7. The Bertz CT molecular complexity index is 1670. The third kappa shape index (κ3) is 12.9. The Morgan fingerprint density at radius 1 is 0.577 bits per heavy atom. The van der Waals surface area contributed by atoms with E-state index in [0.717, 1.165) is 11.1 Å². The Morgan fingerprint density at radius 3 is 1.50 bits per heavy atom. The second-order valence-corrected chi connectivity index (χ2v) is 13.6. The van der Waals surface area contributed by atoms with Crippen LogP contribution in [0.25, 0.3) is 0 Å². The number of phenols is 1. The molecule has 0 saturated carbocycles. The van der Waals surface area contributed by atoms with E-state index in [1.807, 2.05) is 26.0 Å². The Balaban J connectivity index is 1.84. The van der Waals surface area contributed by atoms with Crippen LogP contribution in [0.15, 0.2) is 84.9 Å². The minimum Gasteiger partial charge on any atom is -0.508 e. The molecule has 13 nitrogen and oxygen atoms in total. The van der Waals surface area contributed by atoms with Gasteiger partial charge in [0, 0.05) is 18.4 Å². The highest BCUT2D eigenvalue weighted by Crippen LogP contribution is 2.12. The zero-order valence-corrected chi connectivity index (χ0v) is 30.2. The van der Waals surface area contributed by atoms with E-state index in [4.69, 9.17) is 5.73 Å². The largest absolute Gasteiger partial charge is 0.508 e. The molecule has 6 amide bonds. The van der Waals surface area contributed by atoms with Gasteiger partial charge in [-0.2, -0.15) is 0 Å². The maximum Gasteiger partial charge on any atom is 0.251 e. The fourth-order valence-corrected chi connectivity index (χ4v) is 5.41. The fourth-order valence-electron chi connectivity index (χ4n) is 5.41. The molecule has 52 heavy (non-hydrogen) atoms. The highest BCUT2D eigenvalue weighted by molar-refractivity contribution is 5.99. The molecule has 0 aliphatic rings. The van der Waals surface area contributed by atoms with Crippen molar-refractivity contribution in [2.45, 2.75) is 84.1 Å². The van der Waals surface area contributed by atoms with Gasteiger partial charge in [-0.25, -0.2) is 0 Å². The monoisotopic (exact) mass is 714 g/mol. The molecule has 0 radical (unpaired) electrons. The molecular formula is C39H50N6O7. The number of benzene rings is 3. The summed E-state index contributed by atoms with van der Waals surface area (Å²) in [7, 11) is 0. The fraction of sp³-hybridized carbons (Fsp3) is 0.385. The quantitative estimate of drug-likeness (QED) is 0.104. The number of hydrogen-bond acceptors (Lipinski definition) is 7. The minimum atomic E-state index is -1.17. The lowest BCUT2D eigenvalue weighted by atomic mass is 9.98. The number of nitrogens with one attached hydrogen (secondary N) is 5. The van der Waals surface area contributed by atoms with Crippen molar-refractivity contribution in [2.75, 3.05) is 0 Å². The van der Waals surface area contributed by atoms with Crippen LogP contribution in [0, 0.1) is 11.8 Å². The molecular weight excluding hydrogens is 664 g/mol. The first kappa shape index (κ1) is 40.7. The summed E-state index contributed by atoms with van der Waals surface area (Å²) < 4.78 is 0. The summed E-state index contributed by atoms with van der Waals surface area (Å²) in [6.07, 6.45) is 0.450. The van der Waals surface area contributed by atoms with Crippen LogP contribution < -0.4 is 32.3 Å². The Morgan fingerprint density at radius 2 is 1.04 bits per heavy atom. The highest BCUT2D eigenvalue weighted by atomic mass is 16.3. The van der Waals surface area contributed by atoms with E-state index in [1.54, 1.807) is 62.4 Å². The average Bonchev–Trinajstić information content (AvgIpc) is 3.10. The van der Waals surface area contributed by atoms with Crippen LogP contribution in [0.4, 0.5) is 0 Å². The summed E-state index contributed by atoms with van der Waals surface area (Å²) in [6, 6.07) is 18.1. The van der Waals surface area contributed by atoms with Gasteiger partial charge in [-0.1, -0.05) is 88.4 Å². The number of primary amides is 1. The van der Waals surface area contributed by atoms with E-state index in [1.165, 1.54) is 31.2 Å². The smallest absolute Gasteiger partial charge is 0.251 e. The van der Waals surface area contributed by atoms with E-state index in [2.05, 4.69) is 26.6 Å². The second kappa shape index (κ2) is 19.6. The molecule has 278 valence electrons. The lowest BCUT2D eigenvalue weighted by molar-refractivity contribution is -0.135. The number of amides is 6. The van der Waals surface area contributed by atoms with Gasteiger partial charge in [0.1, 0.15) is 36.0 Å². The third-order valence-electron chi connectivity index (χ3n) is 8.32. The van der Waals surface area contributed by atoms with E-state index in [9.17, 15) is 33.9 Å². The van der Waals surface area contributed by atoms with Crippen molar-refractivity contribution in [3.8, 4) is 5.75 Å². The predicted octanol–water partition coefficient (Wildman–Crippen LogP) is 2.12. The topological polar surface area (TPSA) is 209 Å². The summed E-state index contributed by atoms with van der Waals surface area (Å²) in [4.78, 5) is 79.5. The SMILES string of the molecule is CC(C)C[C@@H](NC(=O)[C@H](NC(=O)[C@@H](Cc1ccccc1)NC(=O)[C@@H](Cc1ccccc1)NC(=O)[C@@H](C)NC(=O)c1ccc(O)cc1)C(C)C)C(N)=O. The average molecular weight is 715 g/mol. The lowest BCUT2D eigenvalue weighted by Crippen LogP contribution is -2.60. The van der Waals surface area contributed by atoms with Gasteiger partial charge >= 0.3 is 0 Å². The van der Waals surface area contributed by atoms with E-state index in [0.29, 0.717) is 6.42 Å². The number of rotatable bonds is 18. The van der Waals surface area contributed by atoms with E-state index < -0.39 is 71.6 Å². The molecule has 0 unspecified atom stereocenters. The second-order valence-electron chi connectivity index (χ2n) is 13.6. The van der Waals surface area contributed by atoms with Crippen LogP contribution in [0.2, 0.25) is 0 Å². The first-order valence-corrected chi connectivity index (χ1v) is 17.3. The molecule has 3 aromatic carbocycles. The molecule has 0 saturated heterocycles. The maximum atomic E-state index is 14.0. The molecule has 8 N–H and O–H groups in total. The van der Waals surface area contributed by atoms with Crippen LogP contribution in [-0.4, -0.2) is 70.8 Å². The molecule has 0 bridgehead atoms. The molecule has 5 atom stereocenters. The van der Waals surface area contributed by atoms with Gasteiger partial charge in [-0.15, -0.1) is 0 Å². The molecule has 3 aromatic rings. The highest BCUT2D eigenvalue weighted by Gasteiger charge is 2.33. The lowest BCUT2D eigenvalue weighted by Gasteiger charge is -2.28. The molecule has 3 rings (SSSR count). The number of phenolic OH excluding ortho intramolecular Hbond substituents is 1. The van der Waals surface area contributed by atoms with Crippen LogP contribution in [-0.2, 0) is 36.8 Å². The van der Waals surface area contributed by atoms with Crippen molar-refractivity contribution in [3.63, 3.8) is 0 Å². The number of aromatic hydroxyl groups is 1. The summed E-state index contributed by atoms with van der Waals surface area (Å²) >= 11 is 0. The molecule has 13 heteroatoms. The van der Waals surface area contributed by atoms with Crippen molar-refractivity contribution < 1.29 is 33.9 Å². The van der Waals surface area contributed by atoms with Crippen molar-refractivity contribution in [1.29, 1.82) is 0 Å². The Hall–Kier alpha value is -5.72. The van der Waals surface area contributed by atoms with Gasteiger partial charge in [0.15, 0.2) is 0 Å². The number of carbonyl (C=O) groups excluding carboxylic acids is 6. The predicted molar refractivity (Wildman–Crippen MR) is 197 cm³/mol. The normalized spacial score (nSPS) is 13.9. The first-order valence-electron chi connectivity index (χ1n) is 17.3. The van der Waals surface area contributed by atoms with E-state index >= 15 is 0 Å². The van der Waals surface area contributed by atoms with Gasteiger partial charge in [-0.05, 0) is 60.6 Å². The summed E-state index contributed by atoms with van der Waals surface area (Å²) in [6.45, 7) is 8.73. The van der Waals surface area contributed by atoms with Crippen molar-refractivity contribution in [3.05, 3.63) is 102 Å². The van der Waals surface area contributed by atoms with E-state index in [-0.39, 0.29) is 30.1 Å². The number of nitrogens with two attached hydrogens (primary N) is 1. The first-order chi connectivity index (χ1) is 24.6. The molecule has 0 fully saturated rings. The third-order valence-corrected chi connectivity index (χ3v) is 8.32. The van der Waals surface area contributed by atoms with Gasteiger partial charge < -0.3 is 37.4 Å². The molecule has 0 spiro atoms. The van der Waals surface area contributed by atoms with Gasteiger partial charge in [0.05, 0.1) is 0 Å². The van der Waals surface area contributed by atoms with Crippen molar-refractivity contribution in [1.82, 2.24) is 26.6 Å². The van der Waals surface area contributed by atoms with Crippen LogP contribution in [0.5, 0.6) is 5.75 Å². The molecule has 0 heterocycles. The van der Waals surface area contributed by atoms with Gasteiger partial charge in [0.2, 0.25) is 29.5 Å². The summed E-state index contributed by atoms with van der Waals surface area (Å²) in [5, 5.41) is 23.1. The van der Waals surface area contributed by atoms with Gasteiger partial charge in [0.25, 0.3) is 5.91 Å². The van der Waals surface area contributed by atoms with Gasteiger partial charge in [-0.3, -0.25) is 28.8 Å². The Kier molecular flexibility index (Phi) is 15.4. The zero-order chi connectivity index (χ0) is 38.4. The Labute approximate surface area is 304 Å².